The fourth-order valence-electron chi connectivity index (χ4n) is 13.7. The van der Waals surface area contributed by atoms with Gasteiger partial charge in [0.05, 0.1) is 83.3 Å². The first-order chi connectivity index (χ1) is 50.1. The molecule has 0 saturated carbocycles. The highest BCUT2D eigenvalue weighted by Crippen LogP contribution is 2.41. The Kier molecular flexibility index (Phi) is 27.4. The Balaban J connectivity index is 0.945. The van der Waals surface area contributed by atoms with Crippen molar-refractivity contribution in [3.8, 4) is 0 Å². The number of ether oxygens (including phenoxy) is 16. The Morgan fingerprint density at radius 2 is 0.696 bits per heavy atom. The molecule has 0 amide bonds. The number of rotatable bonds is 34. The third kappa shape index (κ3) is 19.6. The maximum absolute atomic E-state index is 10.1. The van der Waals surface area contributed by atoms with Crippen molar-refractivity contribution in [2.45, 2.75) is 210 Å². The lowest BCUT2D eigenvalue weighted by Gasteiger charge is -2.52. The summed E-state index contributed by atoms with van der Waals surface area (Å²) in [7, 11) is 1.56. The Morgan fingerprint density at radius 1 is 0.353 bits per heavy atom. The molecule has 0 radical (unpaired) electrons. The molecule has 4 saturated heterocycles. The van der Waals surface area contributed by atoms with Gasteiger partial charge in [0.25, 0.3) is 0 Å². The van der Waals surface area contributed by atoms with E-state index in [0.717, 1.165) is 56.1 Å². The van der Waals surface area contributed by atoms with Gasteiger partial charge in [-0.05, 0) is 102 Å². The third-order valence-corrected chi connectivity index (χ3v) is 19.1. The molecule has 0 aromatic heterocycles. The van der Waals surface area contributed by atoms with E-state index in [1.54, 1.807) is 7.11 Å². The average Bonchev–Trinajstić information content (AvgIpc) is 0.769. The molecule has 4 aliphatic rings. The Labute approximate surface area is 598 Å². The van der Waals surface area contributed by atoms with Gasteiger partial charge in [-0.15, -0.1) is 6.58 Å². The second kappa shape index (κ2) is 37.7. The zero-order valence-corrected chi connectivity index (χ0v) is 58.6. The van der Waals surface area contributed by atoms with Gasteiger partial charge in [0.15, 0.2) is 25.2 Å². The standard InChI is InChI=1S/C83H95N3O16/c1-7-8-29-46-88-80-79(73(93-51-62-36-21-12-22-37-62)69(56(3)97-80)89-48-59-30-15-9-16-31-59)102-83-78(95-53-64-40-25-14-26-41-64)75(71(58(5)99-83)91-50-61-34-19-11-20-35-61)101-82-77(94-52-63-38-23-13-24-39-63)74(70(57(4)98-82)90-49-60-32-17-10-18-33-60)100-81-76(87-6)72(68(85-86-84)55(2)96-81)92-54-65-44-45-66-42-27-28-43-67(66)47-65/h7,9-28,30-45,47,55-58,68-83H,1,8,29,46,48-54H2,2-6H3/t55-,56+,57+,58+,68-,69+,70+,71+,72+,73-,74-,75-,76-,77-,78-,79-,80-,81+,82+,83+/m1/s1. The van der Waals surface area contributed by atoms with Crippen molar-refractivity contribution in [3.05, 3.63) is 286 Å². The summed E-state index contributed by atoms with van der Waals surface area (Å²) in [5.74, 6) is 0. The zero-order chi connectivity index (χ0) is 70.4. The predicted octanol–water partition coefficient (Wildman–Crippen LogP) is 15.0. The Bertz CT molecular complexity index is 3810. The number of unbranched alkanes of at least 4 members (excludes halogenated alkanes) is 1. The van der Waals surface area contributed by atoms with Crippen LogP contribution in [0.25, 0.3) is 21.2 Å². The van der Waals surface area contributed by atoms with Gasteiger partial charge < -0.3 is 75.8 Å². The van der Waals surface area contributed by atoms with Crippen molar-refractivity contribution in [2.24, 2.45) is 5.11 Å². The molecule has 19 heteroatoms. The Hall–Kier alpha value is -7.57. The van der Waals surface area contributed by atoms with E-state index in [2.05, 4.69) is 40.9 Å². The van der Waals surface area contributed by atoms with Crippen LogP contribution in [0.3, 0.4) is 0 Å². The van der Waals surface area contributed by atoms with E-state index in [9.17, 15) is 5.53 Å². The molecular formula is C83H95N3O16. The molecular weight excluding hydrogens is 1290 g/mol. The third-order valence-electron chi connectivity index (χ3n) is 19.1. The van der Waals surface area contributed by atoms with Crippen molar-refractivity contribution in [2.75, 3.05) is 13.7 Å². The normalized spacial score (nSPS) is 29.6. The van der Waals surface area contributed by atoms with Crippen molar-refractivity contribution in [3.63, 3.8) is 0 Å². The van der Waals surface area contributed by atoms with Crippen molar-refractivity contribution >= 4 is 10.8 Å². The minimum atomic E-state index is -1.28. The first-order valence-electron chi connectivity index (χ1n) is 35.5. The first-order valence-corrected chi connectivity index (χ1v) is 35.5. The predicted molar refractivity (Wildman–Crippen MR) is 384 cm³/mol. The van der Waals surface area contributed by atoms with Crippen LogP contribution in [0.5, 0.6) is 0 Å². The van der Waals surface area contributed by atoms with E-state index in [1.165, 1.54) is 0 Å². The SMILES string of the molecule is C=CCCCO[C@@H]1O[C@@H](C)[C@H](OCc2ccccc2)[C@@H](OCc2ccccc2)[C@H]1O[C@@H]1O[C@@H](C)[C@H](OCc2ccccc2)[C@@H](O[C@@H]2O[C@@H](C)[C@H](OCc3ccccc3)[C@@H](O[C@@H]3O[C@H](C)[C@@H](N=[N+]=[N-])[C@H](OCc4ccc5ccccc5c4)[C@H]3OC)[C@H]2OCc2ccccc2)[C@H]1OCc1ccccc1. The van der Waals surface area contributed by atoms with Gasteiger partial charge in [-0.1, -0.05) is 230 Å². The molecule has 0 aliphatic carbocycles. The minimum Gasteiger partial charge on any atom is -0.373 e. The maximum Gasteiger partial charge on any atom is 0.187 e. The van der Waals surface area contributed by atoms with Crippen LogP contribution in [0.1, 0.15) is 79.5 Å². The van der Waals surface area contributed by atoms with Crippen molar-refractivity contribution in [1.29, 1.82) is 0 Å². The number of benzene rings is 8. The molecule has 4 fully saturated rings. The second-order valence-corrected chi connectivity index (χ2v) is 26.4. The lowest BCUT2D eigenvalue weighted by Crippen LogP contribution is -2.67. The fraction of sp³-hybridized carbons (Fsp3) is 0.422. The molecule has 8 aromatic rings. The number of nitrogens with zero attached hydrogens (tertiary/aromatic N) is 3. The summed E-state index contributed by atoms with van der Waals surface area (Å²) < 4.78 is 114. The molecule has 0 spiro atoms. The van der Waals surface area contributed by atoms with Gasteiger partial charge in [-0.25, -0.2) is 0 Å². The molecule has 20 atom stereocenters. The lowest BCUT2D eigenvalue weighted by molar-refractivity contribution is -0.400. The highest BCUT2D eigenvalue weighted by Gasteiger charge is 2.58. The van der Waals surface area contributed by atoms with E-state index >= 15 is 0 Å². The highest BCUT2D eigenvalue weighted by atomic mass is 16.8. The molecule has 19 nitrogen and oxygen atoms in total. The van der Waals surface area contributed by atoms with Crippen LogP contribution in [0.4, 0.5) is 0 Å². The molecule has 4 heterocycles. The topological polar surface area (TPSA) is 196 Å². The number of allylic oxidation sites excluding steroid dienone is 1. The summed E-state index contributed by atoms with van der Waals surface area (Å²) >= 11 is 0. The van der Waals surface area contributed by atoms with E-state index in [4.69, 9.17) is 75.8 Å². The van der Waals surface area contributed by atoms with Gasteiger partial charge in [-0.2, -0.15) is 0 Å². The molecule has 0 N–H and O–H groups in total. The highest BCUT2D eigenvalue weighted by molar-refractivity contribution is 5.83. The lowest BCUT2D eigenvalue weighted by atomic mass is 9.95. The summed E-state index contributed by atoms with van der Waals surface area (Å²) in [5.41, 5.74) is 16.5. The van der Waals surface area contributed by atoms with Gasteiger partial charge in [0, 0.05) is 12.0 Å². The van der Waals surface area contributed by atoms with Gasteiger partial charge in [0.1, 0.15) is 67.1 Å². The first kappa shape index (κ1) is 74.2. The summed E-state index contributed by atoms with van der Waals surface area (Å²) in [5, 5.41) is 6.43. The largest absolute Gasteiger partial charge is 0.373 e. The van der Waals surface area contributed by atoms with Crippen LogP contribution in [0.15, 0.2) is 242 Å². The average molecular weight is 1390 g/mol. The van der Waals surface area contributed by atoms with Crippen LogP contribution >= 0.6 is 0 Å². The van der Waals surface area contributed by atoms with Crippen LogP contribution in [0.2, 0.25) is 0 Å². The van der Waals surface area contributed by atoms with E-state index in [0.29, 0.717) is 13.0 Å². The van der Waals surface area contributed by atoms with Gasteiger partial charge >= 0.3 is 0 Å². The Morgan fingerprint density at radius 3 is 1.12 bits per heavy atom. The van der Waals surface area contributed by atoms with Crippen LogP contribution < -0.4 is 0 Å². The van der Waals surface area contributed by atoms with Crippen LogP contribution in [0, 0.1) is 0 Å². The number of hydrogen-bond donors (Lipinski definition) is 0. The molecule has 538 valence electrons. The van der Waals surface area contributed by atoms with Gasteiger partial charge in [-0.3, -0.25) is 0 Å². The van der Waals surface area contributed by atoms with E-state index < -0.39 is 123 Å². The minimum absolute atomic E-state index is 0.0877. The quantitative estimate of drug-likeness (QED) is 0.0121. The summed E-state index contributed by atoms with van der Waals surface area (Å²) in [6, 6.07) is 73.1. The second-order valence-electron chi connectivity index (χ2n) is 26.4. The number of methoxy groups -OCH3 is 1. The summed E-state index contributed by atoms with van der Waals surface area (Å²) in [6.07, 6.45) is -14.6. The fourth-order valence-corrected chi connectivity index (χ4v) is 13.7. The maximum atomic E-state index is 10.1. The van der Waals surface area contributed by atoms with Crippen LogP contribution in [-0.4, -0.2) is 136 Å². The summed E-state index contributed by atoms with van der Waals surface area (Å²) in [4.78, 5) is 3.29. The molecule has 8 aromatic carbocycles. The number of fused-ring (bicyclic) bond motifs is 1. The van der Waals surface area contributed by atoms with Crippen molar-refractivity contribution < 1.29 is 75.8 Å². The molecule has 0 bridgehead atoms. The van der Waals surface area contributed by atoms with Crippen LogP contribution in [-0.2, 0) is 122 Å². The summed E-state index contributed by atoms with van der Waals surface area (Å²) in [6.45, 7) is 13.2. The zero-order valence-electron chi connectivity index (χ0n) is 58.6. The monoisotopic (exact) mass is 1390 g/mol. The number of azide groups is 1. The number of hydrogen-bond acceptors (Lipinski definition) is 17. The van der Waals surface area contributed by atoms with Gasteiger partial charge in [0.2, 0.25) is 0 Å². The molecule has 102 heavy (non-hydrogen) atoms. The smallest absolute Gasteiger partial charge is 0.187 e. The molecule has 12 rings (SSSR count). The van der Waals surface area contributed by atoms with E-state index in [-0.39, 0.29) is 46.2 Å². The molecule has 0 unspecified atom stereocenters. The molecule has 4 aliphatic heterocycles. The van der Waals surface area contributed by atoms with E-state index in [1.807, 2.05) is 234 Å². The van der Waals surface area contributed by atoms with Crippen molar-refractivity contribution in [1.82, 2.24) is 0 Å².